The van der Waals surface area contributed by atoms with E-state index >= 15 is 0 Å². The van der Waals surface area contributed by atoms with Crippen molar-refractivity contribution in [1.29, 1.82) is 0 Å². The molecule has 6 heteroatoms. The van der Waals surface area contributed by atoms with Gasteiger partial charge in [0.25, 0.3) is 0 Å². The van der Waals surface area contributed by atoms with E-state index in [1.54, 1.807) is 11.8 Å². The van der Waals surface area contributed by atoms with Gasteiger partial charge in [0.05, 0.1) is 5.92 Å². The molecule has 3 unspecified atom stereocenters. The van der Waals surface area contributed by atoms with Crippen LogP contribution >= 0.6 is 12.4 Å². The Labute approximate surface area is 144 Å². The number of hydrogen-bond donors (Lipinski definition) is 2. The quantitative estimate of drug-likeness (QED) is 0.860. The average molecular weight is 340 g/mol. The summed E-state index contributed by atoms with van der Waals surface area (Å²) in [4.78, 5) is 26.4. The third-order valence-electron chi connectivity index (χ3n) is 4.32. The summed E-state index contributed by atoms with van der Waals surface area (Å²) in [5, 5.41) is 2.85. The lowest BCUT2D eigenvalue weighted by Gasteiger charge is -2.23. The molecule has 1 saturated heterocycles. The molecule has 0 saturated carbocycles. The van der Waals surface area contributed by atoms with Crippen LogP contribution in [0.2, 0.25) is 0 Å². The van der Waals surface area contributed by atoms with Gasteiger partial charge >= 0.3 is 0 Å². The fraction of sp³-hybridized carbons (Fsp3) is 0.529. The van der Waals surface area contributed by atoms with Crippen molar-refractivity contribution in [1.82, 2.24) is 10.2 Å². The molecule has 2 amide bonds. The molecular weight excluding hydrogens is 314 g/mol. The number of nitrogens with one attached hydrogen (secondary N) is 1. The van der Waals surface area contributed by atoms with Crippen molar-refractivity contribution in [2.24, 2.45) is 11.7 Å². The minimum atomic E-state index is -0.416. The van der Waals surface area contributed by atoms with Gasteiger partial charge in [0, 0.05) is 18.6 Å². The van der Waals surface area contributed by atoms with Crippen LogP contribution in [0.3, 0.4) is 0 Å². The highest BCUT2D eigenvalue weighted by molar-refractivity contribution is 5.90. The molecule has 1 aliphatic heterocycles. The lowest BCUT2D eigenvalue weighted by Crippen LogP contribution is -2.46. The van der Waals surface area contributed by atoms with Gasteiger partial charge in [0.1, 0.15) is 6.04 Å². The van der Waals surface area contributed by atoms with E-state index in [1.165, 1.54) is 0 Å². The van der Waals surface area contributed by atoms with E-state index in [4.69, 9.17) is 5.73 Å². The molecule has 5 nitrogen and oxygen atoms in total. The Morgan fingerprint density at radius 2 is 1.87 bits per heavy atom. The molecule has 1 aromatic carbocycles. The maximum atomic E-state index is 12.4. The van der Waals surface area contributed by atoms with E-state index in [0.717, 1.165) is 5.56 Å². The van der Waals surface area contributed by atoms with Gasteiger partial charge in [-0.15, -0.1) is 12.4 Å². The Morgan fingerprint density at radius 1 is 1.26 bits per heavy atom. The minimum absolute atomic E-state index is 0. The number of nitrogens with zero attached hydrogens (tertiary/aromatic N) is 1. The maximum absolute atomic E-state index is 12.4. The topological polar surface area (TPSA) is 75.4 Å². The molecule has 3 atom stereocenters. The van der Waals surface area contributed by atoms with Gasteiger partial charge in [-0.3, -0.25) is 9.59 Å². The Kier molecular flexibility index (Phi) is 7.03. The van der Waals surface area contributed by atoms with Crippen LogP contribution in [0.25, 0.3) is 0 Å². The Balaban J connectivity index is 0.00000264. The van der Waals surface area contributed by atoms with Gasteiger partial charge in [-0.2, -0.15) is 0 Å². The highest BCUT2D eigenvalue weighted by Crippen LogP contribution is 2.20. The molecular formula is C17H26ClN3O2. The summed E-state index contributed by atoms with van der Waals surface area (Å²) in [6.45, 7) is 6.46. The third-order valence-corrected chi connectivity index (χ3v) is 4.32. The van der Waals surface area contributed by atoms with Crippen LogP contribution < -0.4 is 11.1 Å². The molecule has 0 aromatic heterocycles. The average Bonchev–Trinajstić information content (AvgIpc) is 2.87. The maximum Gasteiger partial charge on any atom is 0.245 e. The summed E-state index contributed by atoms with van der Waals surface area (Å²) in [7, 11) is 0. The molecule has 0 spiro atoms. The monoisotopic (exact) mass is 339 g/mol. The van der Waals surface area contributed by atoms with Crippen LogP contribution in [-0.4, -0.2) is 35.3 Å². The molecule has 0 bridgehead atoms. The summed E-state index contributed by atoms with van der Waals surface area (Å²) in [6.07, 6.45) is 0.663. The highest BCUT2D eigenvalue weighted by atomic mass is 35.5. The van der Waals surface area contributed by atoms with Gasteiger partial charge in [-0.05, 0) is 25.8 Å². The molecule has 1 aromatic rings. The number of rotatable bonds is 5. The predicted molar refractivity (Wildman–Crippen MR) is 93.2 cm³/mol. The lowest BCUT2D eigenvalue weighted by atomic mass is 9.94. The Hall–Kier alpha value is -1.59. The number of likely N-dealkylation sites (tertiary alicyclic amines) is 1. The second-order valence-electron chi connectivity index (χ2n) is 6.20. The molecule has 128 valence electrons. The largest absolute Gasteiger partial charge is 0.344 e. The highest BCUT2D eigenvalue weighted by Gasteiger charge is 2.35. The Morgan fingerprint density at radius 3 is 2.39 bits per heavy atom. The van der Waals surface area contributed by atoms with E-state index in [-0.39, 0.29) is 42.2 Å². The standard InChI is InChI=1S/C17H25N3O2.ClH/c1-11(2)20-10-9-14(17(20)22)19-16(21)12(3)15(18)13-7-5-4-6-8-13;/h4-8,11-12,14-15H,9-10,18H2,1-3H3,(H,19,21);1H. The third kappa shape index (κ3) is 4.45. The number of hydrogen-bond acceptors (Lipinski definition) is 3. The van der Waals surface area contributed by atoms with Gasteiger partial charge in [0.15, 0.2) is 0 Å². The summed E-state index contributed by atoms with van der Waals surface area (Å²) in [5.41, 5.74) is 7.09. The first-order valence-corrected chi connectivity index (χ1v) is 7.83. The molecule has 0 aliphatic carbocycles. The van der Waals surface area contributed by atoms with Crippen molar-refractivity contribution < 1.29 is 9.59 Å². The summed E-state index contributed by atoms with van der Waals surface area (Å²) >= 11 is 0. The predicted octanol–water partition coefficient (Wildman–Crippen LogP) is 1.87. The first-order valence-electron chi connectivity index (χ1n) is 7.83. The van der Waals surface area contributed by atoms with Gasteiger partial charge < -0.3 is 16.0 Å². The van der Waals surface area contributed by atoms with E-state index in [0.29, 0.717) is 13.0 Å². The molecule has 1 fully saturated rings. The van der Waals surface area contributed by atoms with E-state index < -0.39 is 6.04 Å². The molecule has 0 radical (unpaired) electrons. The first-order chi connectivity index (χ1) is 10.4. The van der Waals surface area contributed by atoms with Crippen molar-refractivity contribution in [2.75, 3.05) is 6.54 Å². The Bertz CT molecular complexity index is 536. The van der Waals surface area contributed by atoms with Crippen LogP contribution in [0.5, 0.6) is 0 Å². The SMILES string of the molecule is CC(C(=O)NC1CCN(C(C)C)C1=O)C(N)c1ccccc1.Cl. The number of amides is 2. The van der Waals surface area contributed by atoms with Crippen molar-refractivity contribution in [2.45, 2.75) is 45.3 Å². The van der Waals surface area contributed by atoms with Gasteiger partial charge in [0.2, 0.25) is 11.8 Å². The summed E-state index contributed by atoms with van der Waals surface area (Å²) < 4.78 is 0. The van der Waals surface area contributed by atoms with Crippen molar-refractivity contribution in [3.05, 3.63) is 35.9 Å². The lowest BCUT2D eigenvalue weighted by molar-refractivity contribution is -0.134. The second-order valence-corrected chi connectivity index (χ2v) is 6.20. The zero-order valence-electron chi connectivity index (χ0n) is 13.9. The summed E-state index contributed by atoms with van der Waals surface area (Å²) in [5.74, 6) is -0.549. The fourth-order valence-corrected chi connectivity index (χ4v) is 2.78. The molecule has 2 rings (SSSR count). The van der Waals surface area contributed by atoms with E-state index in [1.807, 2.05) is 44.2 Å². The van der Waals surface area contributed by atoms with Crippen LogP contribution in [-0.2, 0) is 9.59 Å². The smallest absolute Gasteiger partial charge is 0.245 e. The number of nitrogens with two attached hydrogens (primary N) is 1. The molecule has 1 heterocycles. The van der Waals surface area contributed by atoms with Crippen molar-refractivity contribution in [3.8, 4) is 0 Å². The second kappa shape index (κ2) is 8.31. The first kappa shape index (κ1) is 19.5. The fourth-order valence-electron chi connectivity index (χ4n) is 2.78. The summed E-state index contributed by atoms with van der Waals surface area (Å²) in [6, 6.07) is 8.92. The van der Waals surface area contributed by atoms with Gasteiger partial charge in [-0.1, -0.05) is 37.3 Å². The van der Waals surface area contributed by atoms with E-state index in [9.17, 15) is 9.59 Å². The zero-order valence-corrected chi connectivity index (χ0v) is 14.7. The minimum Gasteiger partial charge on any atom is -0.344 e. The van der Waals surface area contributed by atoms with Crippen LogP contribution in [0.4, 0.5) is 0 Å². The number of benzene rings is 1. The number of halogens is 1. The van der Waals surface area contributed by atoms with Gasteiger partial charge in [-0.25, -0.2) is 0 Å². The van der Waals surface area contributed by atoms with Crippen LogP contribution in [0.15, 0.2) is 30.3 Å². The molecule has 1 aliphatic rings. The molecule has 23 heavy (non-hydrogen) atoms. The number of carbonyl (C=O) groups excluding carboxylic acids is 2. The molecule has 3 N–H and O–H groups in total. The van der Waals surface area contributed by atoms with Crippen molar-refractivity contribution >= 4 is 24.2 Å². The number of carbonyl (C=O) groups is 2. The normalized spacial score (nSPS) is 20.1. The van der Waals surface area contributed by atoms with Crippen LogP contribution in [0.1, 0.15) is 38.8 Å². The van der Waals surface area contributed by atoms with Crippen LogP contribution in [0, 0.1) is 5.92 Å². The van der Waals surface area contributed by atoms with E-state index in [2.05, 4.69) is 5.32 Å². The zero-order chi connectivity index (χ0) is 16.3. The van der Waals surface area contributed by atoms with Crippen molar-refractivity contribution in [3.63, 3.8) is 0 Å².